The van der Waals surface area contributed by atoms with E-state index in [-0.39, 0.29) is 25.0 Å². The third kappa shape index (κ3) is 5.39. The molecular weight excluding hydrogens is 402 g/mol. The lowest BCUT2D eigenvalue weighted by Crippen LogP contribution is -2.29. The fraction of sp³-hybridized carbons (Fsp3) is 0.269. The van der Waals surface area contributed by atoms with Crippen LogP contribution in [0.15, 0.2) is 72.0 Å². The smallest absolute Gasteiger partial charge is 0.253 e. The Morgan fingerprint density at radius 2 is 1.78 bits per heavy atom. The number of hydrogen-bond donors (Lipinski definition) is 2. The number of amides is 1. The number of oxime groups is 1. The summed E-state index contributed by atoms with van der Waals surface area (Å²) in [6.45, 7) is 4.18. The third-order valence-corrected chi connectivity index (χ3v) is 5.65. The SMILES string of the molecule is Cc1cc(/C(C[C@H](c2ccc(C(=O)N(C)CCO)cc2)c2ccccc2C)=N/O)ccn1. The molecule has 0 spiro atoms. The predicted octanol–water partition coefficient (Wildman–Crippen LogP) is 4.16. The highest BCUT2D eigenvalue weighted by atomic mass is 16.4. The molecule has 2 N–H and O–H groups in total. The summed E-state index contributed by atoms with van der Waals surface area (Å²) in [7, 11) is 1.67. The molecule has 0 fully saturated rings. The molecule has 32 heavy (non-hydrogen) atoms. The summed E-state index contributed by atoms with van der Waals surface area (Å²) < 4.78 is 0. The van der Waals surface area contributed by atoms with Gasteiger partial charge >= 0.3 is 0 Å². The monoisotopic (exact) mass is 431 g/mol. The predicted molar refractivity (Wildman–Crippen MR) is 125 cm³/mol. The molecule has 1 heterocycles. The van der Waals surface area contributed by atoms with E-state index in [0.29, 0.717) is 17.7 Å². The quantitative estimate of drug-likeness (QED) is 0.319. The molecule has 6 nitrogen and oxygen atoms in total. The standard InChI is InChI=1S/C26H29N3O3/c1-18-6-4-5-7-23(18)24(17-25(28-32)22-12-13-27-19(2)16-22)20-8-10-21(11-9-20)26(31)29(3)14-15-30/h4-13,16,24,30,32H,14-15,17H2,1-3H3/b28-25+/t24-/m1/s1. The Morgan fingerprint density at radius 1 is 1.06 bits per heavy atom. The van der Waals surface area contributed by atoms with Gasteiger partial charge in [0.15, 0.2) is 0 Å². The maximum absolute atomic E-state index is 12.5. The van der Waals surface area contributed by atoms with E-state index in [1.165, 1.54) is 4.90 Å². The van der Waals surface area contributed by atoms with Crippen molar-refractivity contribution in [3.63, 3.8) is 0 Å². The number of aliphatic hydroxyl groups is 1. The summed E-state index contributed by atoms with van der Waals surface area (Å²) in [4.78, 5) is 18.3. The average molecular weight is 432 g/mol. The van der Waals surface area contributed by atoms with Gasteiger partial charge in [0.05, 0.1) is 12.3 Å². The number of hydrogen-bond acceptors (Lipinski definition) is 5. The first-order chi connectivity index (χ1) is 15.4. The lowest BCUT2D eigenvalue weighted by molar-refractivity contribution is 0.0767. The molecule has 0 saturated carbocycles. The van der Waals surface area contributed by atoms with Crippen molar-refractivity contribution in [3.05, 3.63) is 100 Å². The van der Waals surface area contributed by atoms with E-state index in [2.05, 4.69) is 29.2 Å². The first-order valence-corrected chi connectivity index (χ1v) is 10.6. The van der Waals surface area contributed by atoms with Crippen molar-refractivity contribution in [3.8, 4) is 0 Å². The molecule has 166 valence electrons. The molecular formula is C26H29N3O3. The molecule has 6 heteroatoms. The Kier molecular flexibility index (Phi) is 7.73. The fourth-order valence-electron chi connectivity index (χ4n) is 3.85. The number of benzene rings is 2. The van der Waals surface area contributed by atoms with Gasteiger partial charge in [0.25, 0.3) is 5.91 Å². The third-order valence-electron chi connectivity index (χ3n) is 5.65. The lowest BCUT2D eigenvalue weighted by Gasteiger charge is -2.22. The molecule has 0 bridgehead atoms. The molecule has 3 aromatic rings. The molecule has 1 amide bonds. The maximum Gasteiger partial charge on any atom is 0.253 e. The molecule has 3 rings (SSSR count). The van der Waals surface area contributed by atoms with E-state index in [9.17, 15) is 10.0 Å². The number of pyridine rings is 1. The fourth-order valence-corrected chi connectivity index (χ4v) is 3.85. The van der Waals surface area contributed by atoms with Crippen LogP contribution in [0.1, 0.15) is 50.6 Å². The second kappa shape index (κ2) is 10.7. The van der Waals surface area contributed by atoms with Crippen molar-refractivity contribution in [1.82, 2.24) is 9.88 Å². The number of carbonyl (C=O) groups is 1. The lowest BCUT2D eigenvalue weighted by atomic mass is 9.83. The van der Waals surface area contributed by atoms with Crippen LogP contribution in [0, 0.1) is 13.8 Å². The minimum Gasteiger partial charge on any atom is -0.411 e. The van der Waals surface area contributed by atoms with Crippen molar-refractivity contribution in [2.75, 3.05) is 20.2 Å². The van der Waals surface area contributed by atoms with Gasteiger partial charge in [0, 0.05) is 48.9 Å². The summed E-state index contributed by atoms with van der Waals surface area (Å²) in [5, 5.41) is 22.5. The number of aromatic nitrogens is 1. The molecule has 0 radical (unpaired) electrons. The van der Waals surface area contributed by atoms with Crippen molar-refractivity contribution < 1.29 is 15.1 Å². The molecule has 1 atom stereocenters. The number of aryl methyl sites for hydroxylation is 2. The Balaban J connectivity index is 1.97. The number of carbonyl (C=O) groups excluding carboxylic acids is 1. The molecule has 0 saturated heterocycles. The summed E-state index contributed by atoms with van der Waals surface area (Å²) in [6.07, 6.45) is 2.20. The van der Waals surface area contributed by atoms with Gasteiger partial charge < -0.3 is 15.2 Å². The Morgan fingerprint density at radius 3 is 2.41 bits per heavy atom. The number of nitrogens with zero attached hydrogens (tertiary/aromatic N) is 3. The van der Waals surface area contributed by atoms with Gasteiger partial charge in [0.1, 0.15) is 0 Å². The van der Waals surface area contributed by atoms with Crippen molar-refractivity contribution >= 4 is 11.6 Å². The van der Waals surface area contributed by atoms with Gasteiger partial charge in [-0.1, -0.05) is 41.6 Å². The summed E-state index contributed by atoms with van der Waals surface area (Å²) in [6, 6.07) is 19.4. The van der Waals surface area contributed by atoms with Crippen molar-refractivity contribution in [2.45, 2.75) is 26.2 Å². The zero-order valence-corrected chi connectivity index (χ0v) is 18.7. The van der Waals surface area contributed by atoms with Crippen LogP contribution in [-0.2, 0) is 0 Å². The summed E-state index contributed by atoms with van der Waals surface area (Å²) in [5.74, 6) is -0.196. The van der Waals surface area contributed by atoms with Crippen LogP contribution in [0.25, 0.3) is 0 Å². The Labute approximate surface area is 188 Å². The molecule has 2 aromatic carbocycles. The highest BCUT2D eigenvalue weighted by Crippen LogP contribution is 2.32. The van der Waals surface area contributed by atoms with Crippen LogP contribution in [0.5, 0.6) is 0 Å². The van der Waals surface area contributed by atoms with Crippen molar-refractivity contribution in [2.24, 2.45) is 5.16 Å². The average Bonchev–Trinajstić information content (AvgIpc) is 2.80. The first kappa shape index (κ1) is 23.2. The van der Waals surface area contributed by atoms with E-state index < -0.39 is 0 Å². The van der Waals surface area contributed by atoms with Crippen LogP contribution in [0.4, 0.5) is 0 Å². The number of likely N-dealkylation sites (N-methyl/N-ethyl adjacent to an activating group) is 1. The van der Waals surface area contributed by atoms with Gasteiger partial charge in [0.2, 0.25) is 0 Å². The largest absolute Gasteiger partial charge is 0.411 e. The minimum absolute atomic E-state index is 0.0603. The molecule has 1 aromatic heterocycles. The normalized spacial score (nSPS) is 12.4. The minimum atomic E-state index is -0.136. The van der Waals surface area contributed by atoms with Gasteiger partial charge in [-0.2, -0.15) is 0 Å². The maximum atomic E-state index is 12.5. The van der Waals surface area contributed by atoms with E-state index in [0.717, 1.165) is 27.9 Å². The second-order valence-corrected chi connectivity index (χ2v) is 7.92. The Bertz CT molecular complexity index is 1090. The van der Waals surface area contributed by atoms with Gasteiger partial charge in [-0.05, 0) is 54.8 Å². The van der Waals surface area contributed by atoms with E-state index in [1.807, 2.05) is 55.5 Å². The topological polar surface area (TPSA) is 86.0 Å². The van der Waals surface area contributed by atoms with E-state index in [1.54, 1.807) is 13.2 Å². The van der Waals surface area contributed by atoms with E-state index in [4.69, 9.17) is 5.11 Å². The molecule has 0 aliphatic heterocycles. The molecule has 0 unspecified atom stereocenters. The second-order valence-electron chi connectivity index (χ2n) is 7.92. The first-order valence-electron chi connectivity index (χ1n) is 10.6. The van der Waals surface area contributed by atoms with Gasteiger partial charge in [-0.15, -0.1) is 0 Å². The van der Waals surface area contributed by atoms with Crippen LogP contribution in [-0.4, -0.2) is 52.0 Å². The highest BCUT2D eigenvalue weighted by molar-refractivity contribution is 6.01. The zero-order chi connectivity index (χ0) is 23.1. The zero-order valence-electron chi connectivity index (χ0n) is 18.7. The van der Waals surface area contributed by atoms with E-state index >= 15 is 0 Å². The number of aliphatic hydroxyl groups excluding tert-OH is 1. The Hall–Kier alpha value is -3.51. The van der Waals surface area contributed by atoms with Gasteiger partial charge in [-0.3, -0.25) is 9.78 Å². The van der Waals surface area contributed by atoms with Crippen LogP contribution >= 0.6 is 0 Å². The molecule has 0 aliphatic carbocycles. The van der Waals surface area contributed by atoms with Crippen LogP contribution < -0.4 is 0 Å². The van der Waals surface area contributed by atoms with Crippen molar-refractivity contribution in [1.29, 1.82) is 0 Å². The molecule has 0 aliphatic rings. The number of rotatable bonds is 8. The van der Waals surface area contributed by atoms with Crippen LogP contribution in [0.3, 0.4) is 0 Å². The van der Waals surface area contributed by atoms with Crippen LogP contribution in [0.2, 0.25) is 0 Å². The summed E-state index contributed by atoms with van der Waals surface area (Å²) >= 11 is 0. The highest BCUT2D eigenvalue weighted by Gasteiger charge is 2.21. The van der Waals surface area contributed by atoms with Gasteiger partial charge in [-0.25, -0.2) is 0 Å². The summed E-state index contributed by atoms with van der Waals surface area (Å²) in [5.41, 5.74) is 6.12.